The molecule has 0 radical (unpaired) electrons. The maximum absolute atomic E-state index is 13.3. The van der Waals surface area contributed by atoms with Gasteiger partial charge in [0.25, 0.3) is 0 Å². The van der Waals surface area contributed by atoms with Gasteiger partial charge in [0.2, 0.25) is 10.0 Å². The molecule has 3 aliphatic heterocycles. The number of hydrogen-bond acceptors (Lipinski definition) is 3. The third-order valence-corrected chi connectivity index (χ3v) is 7.03. The van der Waals surface area contributed by atoms with Crippen LogP contribution in [-0.4, -0.2) is 37.9 Å². The monoisotopic (exact) mass is 296 g/mol. The molecule has 4 atom stereocenters. The number of benzene rings is 1. The predicted octanol–water partition coefficient (Wildman–Crippen LogP) is 1.20. The number of fused-ring (bicyclic) bond motifs is 5. The fourth-order valence-electron chi connectivity index (χ4n) is 4.32. The van der Waals surface area contributed by atoms with E-state index in [0.29, 0.717) is 11.8 Å². The van der Waals surface area contributed by atoms with Gasteiger partial charge < -0.3 is 5.32 Å². The molecule has 0 aromatic heterocycles. The lowest BCUT2D eigenvalue weighted by Crippen LogP contribution is -2.39. The average molecular weight is 296 g/mol. The Kier molecular flexibility index (Phi) is 2.71. The maximum Gasteiger partial charge on any atom is 0.243 e. The summed E-state index contributed by atoms with van der Waals surface area (Å²) in [5, 5.41) is 3.36. The molecule has 3 fully saturated rings. The highest BCUT2D eigenvalue weighted by Crippen LogP contribution is 2.49. The largest absolute Gasteiger partial charge is 0.316 e. The Bertz CT molecular complexity index is 630. The van der Waals surface area contributed by atoms with Crippen LogP contribution in [0, 0.1) is 17.7 Å². The zero-order chi connectivity index (χ0) is 13.9. The highest BCUT2D eigenvalue weighted by molar-refractivity contribution is 7.89. The summed E-state index contributed by atoms with van der Waals surface area (Å²) in [5.41, 5.74) is 0. The summed E-state index contributed by atoms with van der Waals surface area (Å²) in [7, 11) is -3.57. The van der Waals surface area contributed by atoms with Gasteiger partial charge in [0.05, 0.1) is 4.90 Å². The van der Waals surface area contributed by atoms with Crippen LogP contribution >= 0.6 is 0 Å². The third-order valence-electron chi connectivity index (χ3n) is 5.08. The lowest BCUT2D eigenvalue weighted by molar-refractivity contribution is 0.354. The number of hydrogen-bond donors (Lipinski definition) is 1. The second-order valence-electron chi connectivity index (χ2n) is 5.99. The molecule has 3 heterocycles. The van der Waals surface area contributed by atoms with Crippen LogP contribution in [0.5, 0.6) is 0 Å². The predicted molar refractivity (Wildman–Crippen MR) is 72.1 cm³/mol. The first-order chi connectivity index (χ1) is 9.59. The zero-order valence-corrected chi connectivity index (χ0v) is 11.8. The van der Waals surface area contributed by atoms with E-state index in [0.717, 1.165) is 32.0 Å². The van der Waals surface area contributed by atoms with Crippen molar-refractivity contribution in [3.05, 3.63) is 30.1 Å². The molecule has 3 aliphatic rings. The lowest BCUT2D eigenvalue weighted by atomic mass is 9.82. The van der Waals surface area contributed by atoms with E-state index in [4.69, 9.17) is 0 Å². The zero-order valence-electron chi connectivity index (χ0n) is 11.0. The highest BCUT2D eigenvalue weighted by atomic mass is 32.2. The SMILES string of the molecule is O=S(=O)(c1cccc(F)c1)N1[C@@H]2CC[C@H]1[C@H]1CNC[C@H]12. The molecule has 1 aromatic rings. The molecule has 0 saturated carbocycles. The minimum absolute atomic E-state index is 0.0855. The number of nitrogens with zero attached hydrogens (tertiary/aromatic N) is 1. The summed E-state index contributed by atoms with van der Waals surface area (Å²) >= 11 is 0. The molecule has 1 aromatic carbocycles. The van der Waals surface area contributed by atoms with Gasteiger partial charge >= 0.3 is 0 Å². The molecule has 20 heavy (non-hydrogen) atoms. The topological polar surface area (TPSA) is 49.4 Å². The summed E-state index contributed by atoms with van der Waals surface area (Å²) in [5.74, 6) is 0.355. The highest BCUT2D eigenvalue weighted by Gasteiger charge is 2.58. The summed E-state index contributed by atoms with van der Waals surface area (Å²) in [6, 6.07) is 5.53. The van der Waals surface area contributed by atoms with Crippen LogP contribution in [0.15, 0.2) is 29.2 Å². The Morgan fingerprint density at radius 1 is 1.15 bits per heavy atom. The summed E-state index contributed by atoms with van der Waals surface area (Å²) < 4.78 is 40.6. The number of sulfonamides is 1. The molecule has 3 saturated heterocycles. The Hall–Kier alpha value is -0.980. The van der Waals surface area contributed by atoms with E-state index < -0.39 is 15.8 Å². The van der Waals surface area contributed by atoms with Crippen molar-refractivity contribution >= 4 is 10.0 Å². The van der Waals surface area contributed by atoms with Crippen LogP contribution in [0.4, 0.5) is 4.39 Å². The normalized spacial score (nSPS) is 36.5. The fraction of sp³-hybridized carbons (Fsp3) is 0.571. The fourth-order valence-corrected chi connectivity index (χ4v) is 6.31. The van der Waals surface area contributed by atoms with Crippen LogP contribution < -0.4 is 5.32 Å². The minimum Gasteiger partial charge on any atom is -0.316 e. The Balaban J connectivity index is 1.75. The van der Waals surface area contributed by atoms with E-state index in [1.807, 2.05) is 0 Å². The first-order valence-corrected chi connectivity index (χ1v) is 8.53. The van der Waals surface area contributed by atoms with Crippen molar-refractivity contribution in [2.75, 3.05) is 13.1 Å². The molecule has 0 unspecified atom stereocenters. The number of nitrogens with one attached hydrogen (secondary N) is 1. The molecular formula is C14H17FN2O2S. The van der Waals surface area contributed by atoms with Crippen molar-refractivity contribution < 1.29 is 12.8 Å². The van der Waals surface area contributed by atoms with Gasteiger partial charge in [0.1, 0.15) is 5.82 Å². The molecule has 4 rings (SSSR count). The standard InChI is InChI=1S/C14H17FN2O2S/c15-9-2-1-3-10(6-9)20(18,19)17-13-4-5-14(17)12-8-16-7-11(12)13/h1-3,6,11-14,16H,4-5,7-8H2/t11-,12+,13-,14+. The molecule has 4 nitrogen and oxygen atoms in total. The van der Waals surface area contributed by atoms with Crippen LogP contribution in [0.3, 0.4) is 0 Å². The Labute approximate surface area is 118 Å². The lowest BCUT2D eigenvalue weighted by Gasteiger charge is -2.24. The third kappa shape index (κ3) is 1.61. The van der Waals surface area contributed by atoms with Gasteiger partial charge in [0, 0.05) is 12.1 Å². The first-order valence-electron chi connectivity index (χ1n) is 7.09. The molecule has 0 spiro atoms. The molecule has 108 valence electrons. The molecule has 2 bridgehead atoms. The molecule has 6 heteroatoms. The van der Waals surface area contributed by atoms with Crippen molar-refractivity contribution in [1.82, 2.24) is 9.62 Å². The van der Waals surface area contributed by atoms with Crippen molar-refractivity contribution in [1.29, 1.82) is 0 Å². The number of rotatable bonds is 2. The maximum atomic E-state index is 13.3. The second kappa shape index (κ2) is 4.26. The van der Waals surface area contributed by atoms with Crippen LogP contribution in [0.25, 0.3) is 0 Å². The minimum atomic E-state index is -3.57. The van der Waals surface area contributed by atoms with E-state index in [9.17, 15) is 12.8 Å². The quantitative estimate of drug-likeness (QED) is 0.892. The molecule has 0 amide bonds. The van der Waals surface area contributed by atoms with Gasteiger partial charge in [-0.05, 0) is 56.0 Å². The van der Waals surface area contributed by atoms with Gasteiger partial charge in [-0.3, -0.25) is 0 Å². The van der Waals surface area contributed by atoms with E-state index in [-0.39, 0.29) is 17.0 Å². The summed E-state index contributed by atoms with van der Waals surface area (Å²) in [6.07, 6.45) is 1.87. The van der Waals surface area contributed by atoms with Gasteiger partial charge in [-0.25, -0.2) is 12.8 Å². The summed E-state index contributed by atoms with van der Waals surface area (Å²) in [4.78, 5) is 0.0855. The van der Waals surface area contributed by atoms with E-state index in [1.165, 1.54) is 18.2 Å². The van der Waals surface area contributed by atoms with Gasteiger partial charge in [-0.15, -0.1) is 0 Å². The van der Waals surface area contributed by atoms with Crippen LogP contribution in [0.2, 0.25) is 0 Å². The van der Waals surface area contributed by atoms with Crippen LogP contribution in [-0.2, 0) is 10.0 Å². The van der Waals surface area contributed by atoms with E-state index >= 15 is 0 Å². The summed E-state index contributed by atoms with van der Waals surface area (Å²) in [6.45, 7) is 1.81. The average Bonchev–Trinajstić information content (AvgIpc) is 3.10. The van der Waals surface area contributed by atoms with Crippen LogP contribution in [0.1, 0.15) is 12.8 Å². The second-order valence-corrected chi connectivity index (χ2v) is 7.83. The Morgan fingerprint density at radius 3 is 2.40 bits per heavy atom. The smallest absolute Gasteiger partial charge is 0.243 e. The van der Waals surface area contributed by atoms with Gasteiger partial charge in [-0.1, -0.05) is 6.07 Å². The van der Waals surface area contributed by atoms with E-state index in [2.05, 4.69) is 5.32 Å². The van der Waals surface area contributed by atoms with Crippen molar-refractivity contribution in [3.63, 3.8) is 0 Å². The van der Waals surface area contributed by atoms with Crippen molar-refractivity contribution in [2.45, 2.75) is 29.8 Å². The first kappa shape index (κ1) is 12.7. The molecular weight excluding hydrogens is 279 g/mol. The van der Waals surface area contributed by atoms with Crippen molar-refractivity contribution in [2.24, 2.45) is 11.8 Å². The van der Waals surface area contributed by atoms with Gasteiger partial charge in [0.15, 0.2) is 0 Å². The molecule has 1 N–H and O–H groups in total. The molecule has 0 aliphatic carbocycles. The Morgan fingerprint density at radius 2 is 1.80 bits per heavy atom. The number of halogens is 1. The van der Waals surface area contributed by atoms with Crippen molar-refractivity contribution in [3.8, 4) is 0 Å². The van der Waals surface area contributed by atoms with Gasteiger partial charge in [-0.2, -0.15) is 4.31 Å². The van der Waals surface area contributed by atoms with E-state index in [1.54, 1.807) is 4.31 Å².